The van der Waals surface area contributed by atoms with E-state index in [1.807, 2.05) is 54.6 Å². The zero-order valence-corrected chi connectivity index (χ0v) is 40.5. The molecule has 0 saturated heterocycles. The van der Waals surface area contributed by atoms with Crippen LogP contribution in [0.25, 0.3) is 0 Å². The van der Waals surface area contributed by atoms with E-state index in [0.717, 1.165) is 47.3 Å². The van der Waals surface area contributed by atoms with Crippen LogP contribution in [0.1, 0.15) is 135 Å². The Morgan fingerprint density at radius 2 is 0.932 bits per heavy atom. The van der Waals surface area contributed by atoms with Gasteiger partial charge < -0.3 is 40.8 Å². The number of ether oxygens (including phenoxy) is 2. The number of hydrogen-bond donors (Lipinski definition) is 6. The van der Waals surface area contributed by atoms with Gasteiger partial charge in [-0.25, -0.2) is 0 Å². The van der Waals surface area contributed by atoms with Crippen LogP contribution in [0, 0.1) is 17.8 Å². The topological polar surface area (TPSA) is 129 Å². The zero-order valence-electron chi connectivity index (χ0n) is 38.1. The lowest BCUT2D eigenvalue weighted by Crippen LogP contribution is -2.29. The average molecular weight is 907 g/mol. The molecule has 0 radical (unpaired) electrons. The summed E-state index contributed by atoms with van der Waals surface area (Å²) in [4.78, 5) is 0. The van der Waals surface area contributed by atoms with E-state index >= 15 is 0 Å². The van der Waals surface area contributed by atoms with Gasteiger partial charge in [0, 0.05) is 25.0 Å². The summed E-state index contributed by atoms with van der Waals surface area (Å²) in [6.45, 7) is 20.2. The van der Waals surface area contributed by atoms with Crippen LogP contribution in [0.5, 0.6) is 17.2 Å². The molecule has 0 heterocycles. The summed E-state index contributed by atoms with van der Waals surface area (Å²) >= 11 is 3.52. The second-order valence-corrected chi connectivity index (χ2v) is 16.0. The van der Waals surface area contributed by atoms with Gasteiger partial charge >= 0.3 is 14.1 Å². The second kappa shape index (κ2) is 39.9. The molecule has 7 N–H and O–H groups in total. The maximum Gasteiger partial charge on any atom is 0.373 e. The van der Waals surface area contributed by atoms with Crippen molar-refractivity contribution in [1.29, 1.82) is 0 Å². The molecule has 0 aliphatic carbocycles. The van der Waals surface area contributed by atoms with Gasteiger partial charge in [-0.2, -0.15) is 0 Å². The molecule has 3 aromatic carbocycles. The Hall–Kier alpha value is -2.24. The zero-order chi connectivity index (χ0) is 43.4. The van der Waals surface area contributed by atoms with Crippen LogP contribution in [-0.4, -0.2) is 47.8 Å². The normalized spacial score (nSPS) is 10.4. The molecule has 0 spiro atoms. The first-order chi connectivity index (χ1) is 28.0. The molecule has 0 atom stereocenters. The number of halogens is 2. The lowest BCUT2D eigenvalue weighted by Gasteiger charge is -2.16. The molecule has 3 rings (SSSR count). The molecule has 0 fully saturated rings. The van der Waals surface area contributed by atoms with Gasteiger partial charge in [0.2, 0.25) is 0 Å². The molecular formula is C47H83B2BrClN3O5. The first kappa shape index (κ1) is 58.9. The van der Waals surface area contributed by atoms with E-state index < -0.39 is 14.1 Å². The minimum atomic E-state index is -0.521. The number of nitrogens with one attached hydrogen (secondary N) is 2. The van der Waals surface area contributed by atoms with Gasteiger partial charge in [-0.1, -0.05) is 132 Å². The van der Waals surface area contributed by atoms with E-state index in [1.165, 1.54) is 82.4 Å². The van der Waals surface area contributed by atoms with Gasteiger partial charge in [0.1, 0.15) is 17.2 Å². The van der Waals surface area contributed by atoms with E-state index in [2.05, 4.69) is 67.9 Å². The highest BCUT2D eigenvalue weighted by Gasteiger charge is 2.10. The fourth-order valence-electron chi connectivity index (χ4n) is 6.50. The SMILES string of the molecule is CB(O)NCc1cccc(O)c1.CCCC(CBr)CCC.CCCC(CCC)COc1cccc(CN)c1.CCCC(CCC)COc1cccc(CNB(C)O)c1.Cl. The Bertz CT molecular complexity index is 1360. The molecule has 0 aliphatic heterocycles. The molecule has 12 heteroatoms. The van der Waals surface area contributed by atoms with E-state index in [4.69, 9.17) is 25.3 Å². The number of nitrogens with two attached hydrogens (primary N) is 1. The lowest BCUT2D eigenvalue weighted by atomic mass is 9.88. The summed E-state index contributed by atoms with van der Waals surface area (Å²) in [7, 11) is -1.01. The maximum absolute atomic E-state index is 9.23. The number of alkyl halides is 1. The van der Waals surface area contributed by atoms with Crippen LogP contribution in [0.3, 0.4) is 0 Å². The Morgan fingerprint density at radius 3 is 1.29 bits per heavy atom. The molecule has 3 aromatic rings. The number of phenolic OH excluding ortho intramolecular Hbond substituents is 1. The average Bonchev–Trinajstić information content (AvgIpc) is 3.21. The summed E-state index contributed by atoms with van der Waals surface area (Å²) in [5.41, 5.74) is 8.83. The molecule has 0 amide bonds. The van der Waals surface area contributed by atoms with Crippen LogP contribution < -0.4 is 25.7 Å². The number of phenols is 1. The first-order valence-electron chi connectivity index (χ1n) is 22.3. The number of hydrogen-bond acceptors (Lipinski definition) is 8. The minimum absolute atomic E-state index is 0. The highest BCUT2D eigenvalue weighted by molar-refractivity contribution is 9.09. The Kier molecular flexibility index (Phi) is 39.8. The largest absolute Gasteiger partial charge is 0.508 e. The molecule has 0 unspecified atom stereocenters. The fraction of sp³-hybridized carbons (Fsp3) is 0.617. The second-order valence-electron chi connectivity index (χ2n) is 15.4. The van der Waals surface area contributed by atoms with E-state index in [9.17, 15) is 5.02 Å². The van der Waals surface area contributed by atoms with Crippen molar-refractivity contribution in [3.63, 3.8) is 0 Å². The van der Waals surface area contributed by atoms with Crippen molar-refractivity contribution in [3.8, 4) is 17.2 Å². The molecule has 336 valence electrons. The quantitative estimate of drug-likeness (QED) is 0.0347. The lowest BCUT2D eigenvalue weighted by molar-refractivity contribution is 0.229. The summed E-state index contributed by atoms with van der Waals surface area (Å²) in [6.07, 6.45) is 15.3. The van der Waals surface area contributed by atoms with Crippen molar-refractivity contribution in [2.75, 3.05) is 18.5 Å². The molecule has 59 heavy (non-hydrogen) atoms. The van der Waals surface area contributed by atoms with Crippen LogP contribution in [0.15, 0.2) is 72.8 Å². The van der Waals surface area contributed by atoms with Gasteiger partial charge in [0.25, 0.3) is 0 Å². The highest BCUT2D eigenvalue weighted by Crippen LogP contribution is 2.20. The van der Waals surface area contributed by atoms with Gasteiger partial charge in [-0.3, -0.25) is 0 Å². The van der Waals surface area contributed by atoms with Gasteiger partial charge in [-0.15, -0.1) is 12.4 Å². The monoisotopic (exact) mass is 906 g/mol. The third-order valence-electron chi connectivity index (χ3n) is 9.52. The fourth-order valence-corrected chi connectivity index (χ4v) is 7.15. The van der Waals surface area contributed by atoms with E-state index in [1.54, 1.807) is 31.8 Å². The van der Waals surface area contributed by atoms with Crippen molar-refractivity contribution in [3.05, 3.63) is 89.5 Å². The number of benzene rings is 3. The number of aromatic hydroxyl groups is 1. The summed E-state index contributed by atoms with van der Waals surface area (Å²) in [6, 6.07) is 23.1. The molecule has 0 saturated carbocycles. The van der Waals surface area contributed by atoms with Crippen molar-refractivity contribution in [1.82, 2.24) is 10.5 Å². The molecule has 8 nitrogen and oxygen atoms in total. The van der Waals surface area contributed by atoms with Crippen molar-refractivity contribution < 1.29 is 24.6 Å². The minimum Gasteiger partial charge on any atom is -0.508 e. The van der Waals surface area contributed by atoms with Crippen LogP contribution in [-0.2, 0) is 19.6 Å². The van der Waals surface area contributed by atoms with Gasteiger partial charge in [0.05, 0.1) is 13.2 Å². The molecular weight excluding hydrogens is 824 g/mol. The maximum atomic E-state index is 9.23. The summed E-state index contributed by atoms with van der Waals surface area (Å²) in [5.74, 6) is 4.40. The predicted octanol–water partition coefficient (Wildman–Crippen LogP) is 11.8. The third kappa shape index (κ3) is 33.1. The summed E-state index contributed by atoms with van der Waals surface area (Å²) < 4.78 is 11.8. The van der Waals surface area contributed by atoms with Gasteiger partial charge in [0.15, 0.2) is 0 Å². The van der Waals surface area contributed by atoms with Crippen LogP contribution in [0.2, 0.25) is 13.6 Å². The predicted molar refractivity (Wildman–Crippen MR) is 262 cm³/mol. The standard InChI is InChI=1S/C16H28BNO2.C15H25NO.C8H12BNO2.C8H17Br.ClH/c1-4-7-14(8-5-2)13-20-16-10-6-9-15(11-16)12-18-17(3)19;1-3-6-13(7-4-2)12-17-15-9-5-8-14(10-15)11-16;1-9(12)10-6-7-3-2-4-8(11)5-7;1-3-5-8(7-9)6-4-2;/h6,9-11,14,18-19H,4-5,7-8,12-13H2,1-3H3;5,8-10,13H,3-4,6-7,11-12,16H2,1-2H3;2-5,10-12H,6H2,1H3;8H,3-7H2,1-2H3;1H. The molecule has 0 aliphatic rings. The Labute approximate surface area is 376 Å². The van der Waals surface area contributed by atoms with Crippen molar-refractivity contribution in [2.24, 2.45) is 23.5 Å². The van der Waals surface area contributed by atoms with Gasteiger partial charge in [-0.05, 0) is 123 Å². The highest BCUT2D eigenvalue weighted by atomic mass is 79.9. The summed E-state index contributed by atoms with van der Waals surface area (Å²) in [5, 5.41) is 34.2. The van der Waals surface area contributed by atoms with E-state index in [0.29, 0.717) is 31.5 Å². The van der Waals surface area contributed by atoms with E-state index in [-0.39, 0.29) is 18.2 Å². The molecule has 0 bridgehead atoms. The van der Waals surface area contributed by atoms with Crippen molar-refractivity contribution in [2.45, 2.75) is 152 Å². The van der Waals surface area contributed by atoms with Crippen molar-refractivity contribution >= 4 is 42.4 Å². The van der Waals surface area contributed by atoms with Crippen LogP contribution >= 0.6 is 28.3 Å². The Morgan fingerprint density at radius 1 is 0.576 bits per heavy atom. The third-order valence-corrected chi connectivity index (χ3v) is 10.4. The Balaban J connectivity index is 0. The number of rotatable bonds is 26. The molecule has 0 aromatic heterocycles. The first-order valence-corrected chi connectivity index (χ1v) is 23.4. The smallest absolute Gasteiger partial charge is 0.373 e. The van der Waals surface area contributed by atoms with Crippen LogP contribution in [0.4, 0.5) is 0 Å².